The second-order valence-electron chi connectivity index (χ2n) is 5.37. The minimum Gasteiger partial charge on any atom is -0.497 e. The number of methoxy groups -OCH3 is 1. The predicted octanol–water partition coefficient (Wildman–Crippen LogP) is 2.66. The maximum absolute atomic E-state index is 5.85. The van der Waals surface area contributed by atoms with E-state index in [2.05, 4.69) is 19.1 Å². The largest absolute Gasteiger partial charge is 0.497 e. The van der Waals surface area contributed by atoms with Gasteiger partial charge in [-0.2, -0.15) is 0 Å². The molecule has 0 amide bonds. The van der Waals surface area contributed by atoms with Crippen molar-refractivity contribution in [3.63, 3.8) is 0 Å². The second kappa shape index (κ2) is 3.49. The highest BCUT2D eigenvalue weighted by Crippen LogP contribution is 2.60. The van der Waals surface area contributed by atoms with Gasteiger partial charge in [-0.1, -0.05) is 19.1 Å². The third-order valence-electron chi connectivity index (χ3n) is 4.09. The van der Waals surface area contributed by atoms with Crippen LogP contribution in [0.2, 0.25) is 0 Å². The molecular weight excluding hydrogens is 200 g/mol. The summed E-state index contributed by atoms with van der Waals surface area (Å²) in [6, 6.07) is 8.33. The van der Waals surface area contributed by atoms with Crippen LogP contribution >= 0.6 is 0 Å². The summed E-state index contributed by atoms with van der Waals surface area (Å²) in [6.45, 7) is 3.30. The van der Waals surface area contributed by atoms with Crippen LogP contribution < -0.4 is 4.74 Å². The van der Waals surface area contributed by atoms with E-state index in [1.165, 1.54) is 12.0 Å². The van der Waals surface area contributed by atoms with E-state index in [-0.39, 0.29) is 0 Å². The first kappa shape index (κ1) is 10.2. The Morgan fingerprint density at radius 3 is 2.62 bits per heavy atom. The summed E-state index contributed by atoms with van der Waals surface area (Å²) < 4.78 is 11.0. The Hall–Kier alpha value is -1.02. The van der Waals surface area contributed by atoms with Crippen molar-refractivity contribution in [3.05, 3.63) is 29.8 Å². The standard InChI is InChI=1S/C14H18O2/c1-14-8-12(14)13(16-9-14)7-10-3-5-11(15-2)6-4-10/h3-6,12-13H,7-9H2,1-2H3/t12-,13+,14+/m1/s1. The fraction of sp³-hybridized carbons (Fsp3) is 0.571. The first-order chi connectivity index (χ1) is 7.71. The summed E-state index contributed by atoms with van der Waals surface area (Å²) >= 11 is 0. The quantitative estimate of drug-likeness (QED) is 0.776. The van der Waals surface area contributed by atoms with Gasteiger partial charge < -0.3 is 9.47 Å². The van der Waals surface area contributed by atoms with Crippen LogP contribution in [0.3, 0.4) is 0 Å². The Morgan fingerprint density at radius 2 is 2.12 bits per heavy atom. The Labute approximate surface area is 96.6 Å². The molecular formula is C14H18O2. The first-order valence-electron chi connectivity index (χ1n) is 5.96. The molecule has 1 saturated carbocycles. The molecule has 0 unspecified atom stereocenters. The zero-order valence-corrected chi connectivity index (χ0v) is 9.90. The molecule has 16 heavy (non-hydrogen) atoms. The predicted molar refractivity (Wildman–Crippen MR) is 62.7 cm³/mol. The van der Waals surface area contributed by atoms with Gasteiger partial charge >= 0.3 is 0 Å². The topological polar surface area (TPSA) is 18.5 Å². The third-order valence-corrected chi connectivity index (χ3v) is 4.09. The van der Waals surface area contributed by atoms with Crippen molar-refractivity contribution in [2.24, 2.45) is 11.3 Å². The molecule has 1 saturated heterocycles. The molecule has 86 valence electrons. The van der Waals surface area contributed by atoms with E-state index < -0.39 is 0 Å². The molecule has 1 aromatic rings. The van der Waals surface area contributed by atoms with Crippen molar-refractivity contribution >= 4 is 0 Å². The van der Waals surface area contributed by atoms with Crippen LogP contribution in [0.15, 0.2) is 24.3 Å². The first-order valence-corrected chi connectivity index (χ1v) is 5.96. The van der Waals surface area contributed by atoms with Crippen LogP contribution in [0.25, 0.3) is 0 Å². The number of benzene rings is 1. The Balaban J connectivity index is 1.66. The molecule has 0 radical (unpaired) electrons. The van der Waals surface area contributed by atoms with Crippen LogP contribution in [0.4, 0.5) is 0 Å². The number of rotatable bonds is 3. The molecule has 0 bridgehead atoms. The van der Waals surface area contributed by atoms with E-state index >= 15 is 0 Å². The van der Waals surface area contributed by atoms with E-state index in [1.54, 1.807) is 7.11 Å². The highest BCUT2D eigenvalue weighted by atomic mass is 16.5. The average Bonchev–Trinajstić information content (AvgIpc) is 2.89. The van der Waals surface area contributed by atoms with Gasteiger partial charge in [0.2, 0.25) is 0 Å². The molecule has 1 aliphatic heterocycles. The molecule has 1 heterocycles. The summed E-state index contributed by atoms with van der Waals surface area (Å²) in [5, 5.41) is 0. The van der Waals surface area contributed by atoms with Crippen LogP contribution in [0, 0.1) is 11.3 Å². The summed E-state index contributed by atoms with van der Waals surface area (Å²) in [7, 11) is 1.70. The highest BCUT2D eigenvalue weighted by Gasteiger charge is 2.59. The van der Waals surface area contributed by atoms with Gasteiger partial charge in [-0.05, 0) is 41.9 Å². The van der Waals surface area contributed by atoms with Crippen molar-refractivity contribution in [2.45, 2.75) is 25.9 Å². The molecule has 0 spiro atoms. The Morgan fingerprint density at radius 1 is 1.38 bits per heavy atom. The lowest BCUT2D eigenvalue weighted by atomic mass is 10.0. The summed E-state index contributed by atoms with van der Waals surface area (Å²) in [4.78, 5) is 0. The summed E-state index contributed by atoms with van der Waals surface area (Å²) in [5.74, 6) is 1.72. The van der Waals surface area contributed by atoms with E-state index in [0.29, 0.717) is 11.5 Å². The smallest absolute Gasteiger partial charge is 0.118 e. The summed E-state index contributed by atoms with van der Waals surface area (Å²) in [6.07, 6.45) is 2.84. The minimum atomic E-state index is 0.443. The van der Waals surface area contributed by atoms with E-state index in [1.807, 2.05) is 12.1 Å². The minimum absolute atomic E-state index is 0.443. The van der Waals surface area contributed by atoms with Crippen LogP contribution in [-0.4, -0.2) is 19.8 Å². The summed E-state index contributed by atoms with van der Waals surface area (Å²) in [5.41, 5.74) is 1.86. The van der Waals surface area contributed by atoms with Gasteiger partial charge in [0.1, 0.15) is 5.75 Å². The SMILES string of the molecule is COc1ccc(C[C@@H]2OC[C@]3(C)C[C@H]23)cc1. The van der Waals surface area contributed by atoms with Gasteiger partial charge in [0, 0.05) is 0 Å². The molecule has 1 aromatic carbocycles. The molecule has 2 nitrogen and oxygen atoms in total. The van der Waals surface area contributed by atoms with Gasteiger partial charge in [-0.15, -0.1) is 0 Å². The van der Waals surface area contributed by atoms with Gasteiger partial charge in [0.15, 0.2) is 0 Å². The van der Waals surface area contributed by atoms with E-state index in [0.717, 1.165) is 24.7 Å². The Bertz CT molecular complexity index is 384. The van der Waals surface area contributed by atoms with Crippen molar-refractivity contribution in [2.75, 3.05) is 13.7 Å². The second-order valence-corrected chi connectivity index (χ2v) is 5.37. The van der Waals surface area contributed by atoms with Gasteiger partial charge in [0.25, 0.3) is 0 Å². The molecule has 2 fully saturated rings. The van der Waals surface area contributed by atoms with Crippen molar-refractivity contribution in [1.29, 1.82) is 0 Å². The number of ether oxygens (including phenoxy) is 2. The number of fused-ring (bicyclic) bond motifs is 1. The van der Waals surface area contributed by atoms with Gasteiger partial charge in [-0.25, -0.2) is 0 Å². The number of hydrogen-bond acceptors (Lipinski definition) is 2. The maximum Gasteiger partial charge on any atom is 0.118 e. The average molecular weight is 218 g/mol. The van der Waals surface area contributed by atoms with Crippen molar-refractivity contribution in [1.82, 2.24) is 0 Å². The highest BCUT2D eigenvalue weighted by molar-refractivity contribution is 5.28. The lowest BCUT2D eigenvalue weighted by Crippen LogP contribution is -2.13. The normalized spacial score (nSPS) is 35.9. The monoisotopic (exact) mass is 218 g/mol. The maximum atomic E-state index is 5.85. The Kier molecular flexibility index (Phi) is 2.21. The molecule has 3 rings (SSSR count). The van der Waals surface area contributed by atoms with Crippen LogP contribution in [-0.2, 0) is 11.2 Å². The molecule has 2 heteroatoms. The van der Waals surface area contributed by atoms with Crippen LogP contribution in [0.5, 0.6) is 5.75 Å². The molecule has 0 aromatic heterocycles. The molecule has 0 N–H and O–H groups in total. The molecule has 3 atom stereocenters. The molecule has 1 aliphatic carbocycles. The lowest BCUT2D eigenvalue weighted by molar-refractivity contribution is 0.0729. The molecule has 2 aliphatic rings. The lowest BCUT2D eigenvalue weighted by Gasteiger charge is -2.12. The number of hydrogen-bond donors (Lipinski definition) is 0. The van der Waals surface area contributed by atoms with Gasteiger partial charge in [-0.3, -0.25) is 0 Å². The van der Waals surface area contributed by atoms with Crippen molar-refractivity contribution < 1.29 is 9.47 Å². The van der Waals surface area contributed by atoms with Crippen LogP contribution in [0.1, 0.15) is 18.9 Å². The van der Waals surface area contributed by atoms with E-state index in [9.17, 15) is 0 Å². The fourth-order valence-electron chi connectivity index (χ4n) is 2.80. The van der Waals surface area contributed by atoms with Gasteiger partial charge in [0.05, 0.1) is 19.8 Å². The fourth-order valence-corrected chi connectivity index (χ4v) is 2.80. The van der Waals surface area contributed by atoms with E-state index in [4.69, 9.17) is 9.47 Å². The third kappa shape index (κ3) is 1.61. The zero-order chi connectivity index (χ0) is 11.2. The van der Waals surface area contributed by atoms with Crippen molar-refractivity contribution in [3.8, 4) is 5.75 Å². The zero-order valence-electron chi connectivity index (χ0n) is 9.90.